The molecule has 0 saturated carbocycles. The van der Waals surface area contributed by atoms with Gasteiger partial charge in [-0.2, -0.15) is 19.6 Å². The summed E-state index contributed by atoms with van der Waals surface area (Å²) in [7, 11) is 0. The summed E-state index contributed by atoms with van der Waals surface area (Å²) in [5.74, 6) is 0.618. The molecule has 6 heterocycles. The number of nitrogens with one attached hydrogen (secondary N) is 2. The molecule has 0 amide bonds. The molecule has 0 spiro atoms. The number of benzene rings is 2. The Kier molecular flexibility index (Phi) is 7.75. The molecular weight excluding hydrogens is 567 g/mol. The molecule has 0 aliphatic carbocycles. The van der Waals surface area contributed by atoms with E-state index in [-0.39, 0.29) is 12.3 Å². The fourth-order valence-electron chi connectivity index (χ4n) is 6.69. The standard InChI is InChI=1S/C35H37FN8O/c1-21(2)29-19-39-44-33(29)41-34(40-30-20-43-14-11-24(30)12-15-43)42-35(44)38-18-26-6-4-5-7-27(26)32-28-9-8-23(17-31(45)22(3)36)16-25(28)10-13-37-32/h4-10,13,16,19,21,24,30H,3,11-12,14-15,17-18,20H2,1-2H3,(H2,38,40,41,42)/t30-/m0/s1. The van der Waals surface area contributed by atoms with E-state index in [1.165, 1.54) is 25.9 Å². The second-order valence-corrected chi connectivity index (χ2v) is 12.5. The van der Waals surface area contributed by atoms with Crippen LogP contribution in [0.5, 0.6) is 0 Å². The minimum atomic E-state index is -0.926. The molecule has 3 saturated heterocycles. The molecule has 3 aromatic heterocycles. The van der Waals surface area contributed by atoms with Crippen LogP contribution in [0.2, 0.25) is 0 Å². The first-order chi connectivity index (χ1) is 21.8. The van der Waals surface area contributed by atoms with Crippen LogP contribution in [0, 0.1) is 5.92 Å². The Morgan fingerprint density at radius 1 is 1.11 bits per heavy atom. The highest BCUT2D eigenvalue weighted by atomic mass is 19.1. The second kappa shape index (κ2) is 12.0. The Morgan fingerprint density at radius 3 is 2.69 bits per heavy atom. The van der Waals surface area contributed by atoms with Crippen molar-refractivity contribution in [1.82, 2.24) is 29.5 Å². The van der Waals surface area contributed by atoms with Crippen LogP contribution < -0.4 is 10.6 Å². The topological polar surface area (TPSA) is 100 Å². The van der Waals surface area contributed by atoms with Crippen LogP contribution in [0.4, 0.5) is 16.3 Å². The Morgan fingerprint density at radius 2 is 1.93 bits per heavy atom. The van der Waals surface area contributed by atoms with Crippen LogP contribution in [0.1, 0.15) is 49.3 Å². The van der Waals surface area contributed by atoms with Gasteiger partial charge in [-0.15, -0.1) is 0 Å². The minimum Gasteiger partial charge on any atom is -0.350 e. The van der Waals surface area contributed by atoms with E-state index in [1.54, 1.807) is 10.7 Å². The zero-order chi connectivity index (χ0) is 31.1. The van der Waals surface area contributed by atoms with Crippen LogP contribution in [0.15, 0.2) is 73.3 Å². The normalized spacial score (nSPS) is 19.3. The molecular formula is C35H37FN8O. The predicted octanol–water partition coefficient (Wildman–Crippen LogP) is 6.18. The number of carbonyl (C=O) groups is 1. The molecule has 5 aromatic rings. The fourth-order valence-corrected chi connectivity index (χ4v) is 6.69. The monoisotopic (exact) mass is 604 g/mol. The third-order valence-corrected chi connectivity index (χ3v) is 9.19. The molecule has 0 radical (unpaired) electrons. The molecule has 2 aromatic carbocycles. The summed E-state index contributed by atoms with van der Waals surface area (Å²) in [5, 5.41) is 13.8. The number of carbonyl (C=O) groups excluding carboxylic acids is 1. The van der Waals surface area contributed by atoms with Gasteiger partial charge in [-0.1, -0.05) is 62.9 Å². The lowest BCUT2D eigenvalue weighted by atomic mass is 9.84. The average Bonchev–Trinajstić information content (AvgIpc) is 3.48. The zero-order valence-electron chi connectivity index (χ0n) is 25.6. The number of hydrogen-bond acceptors (Lipinski definition) is 8. The Labute approximate surface area is 261 Å². The first-order valence-electron chi connectivity index (χ1n) is 15.7. The van der Waals surface area contributed by atoms with Crippen LogP contribution in [-0.4, -0.2) is 60.9 Å². The summed E-state index contributed by atoms with van der Waals surface area (Å²) in [6.45, 7) is 11.3. The number of rotatable bonds is 10. The minimum absolute atomic E-state index is 0.0285. The summed E-state index contributed by atoms with van der Waals surface area (Å²) in [4.78, 5) is 29.1. The number of Topliss-reactive ketones (excluding diaryl/α,β-unsaturated/α-hetero) is 1. The van der Waals surface area contributed by atoms with E-state index in [1.807, 2.05) is 42.6 Å². The smallest absolute Gasteiger partial charge is 0.229 e. The van der Waals surface area contributed by atoms with Crippen LogP contribution in [0.3, 0.4) is 0 Å². The Hall–Kier alpha value is -4.70. The van der Waals surface area contributed by atoms with Crippen molar-refractivity contribution in [2.75, 3.05) is 30.3 Å². The van der Waals surface area contributed by atoms with E-state index in [9.17, 15) is 9.18 Å². The lowest BCUT2D eigenvalue weighted by molar-refractivity contribution is -0.116. The van der Waals surface area contributed by atoms with Crippen molar-refractivity contribution in [2.24, 2.45) is 5.92 Å². The highest BCUT2D eigenvalue weighted by Gasteiger charge is 2.34. The summed E-state index contributed by atoms with van der Waals surface area (Å²) in [6, 6.07) is 16.1. The maximum Gasteiger partial charge on any atom is 0.229 e. The van der Waals surface area contributed by atoms with Gasteiger partial charge < -0.3 is 15.5 Å². The molecule has 0 unspecified atom stereocenters. The number of pyridine rings is 1. The third kappa shape index (κ3) is 5.78. The maximum absolute atomic E-state index is 13.3. The SMILES string of the molecule is C=C(F)C(=O)Cc1ccc2c(-c3ccccc3CNc3nc(N[C@H]4CN5CCC4CC5)nc4c(C(C)C)cnn34)nccc2c1. The van der Waals surface area contributed by atoms with Gasteiger partial charge in [0.25, 0.3) is 0 Å². The van der Waals surface area contributed by atoms with Crippen LogP contribution in [-0.2, 0) is 17.8 Å². The van der Waals surface area contributed by atoms with E-state index in [0.29, 0.717) is 30.4 Å². The van der Waals surface area contributed by atoms with E-state index < -0.39 is 11.6 Å². The summed E-state index contributed by atoms with van der Waals surface area (Å²) in [5.41, 5.74) is 5.47. The van der Waals surface area contributed by atoms with Crippen LogP contribution >= 0.6 is 0 Å². The molecule has 3 aliphatic heterocycles. The maximum atomic E-state index is 13.3. The number of ketones is 1. The van der Waals surface area contributed by atoms with Crippen molar-refractivity contribution < 1.29 is 9.18 Å². The number of allylic oxidation sites excluding steroid dienone is 1. The third-order valence-electron chi connectivity index (χ3n) is 9.19. The van der Waals surface area contributed by atoms with Crippen molar-refractivity contribution in [3.63, 3.8) is 0 Å². The van der Waals surface area contributed by atoms with E-state index >= 15 is 0 Å². The summed E-state index contributed by atoms with van der Waals surface area (Å²) < 4.78 is 15.1. The molecule has 3 fully saturated rings. The average molecular weight is 605 g/mol. The molecule has 8 rings (SSSR count). The van der Waals surface area contributed by atoms with Gasteiger partial charge in [0.2, 0.25) is 11.9 Å². The fraction of sp³-hybridized carbons (Fsp3) is 0.343. The predicted molar refractivity (Wildman–Crippen MR) is 175 cm³/mol. The van der Waals surface area contributed by atoms with Crippen molar-refractivity contribution in [3.05, 3.63) is 90.0 Å². The number of nitrogens with zero attached hydrogens (tertiary/aromatic N) is 6. The summed E-state index contributed by atoms with van der Waals surface area (Å²) in [6.07, 6.45) is 6.04. The quantitative estimate of drug-likeness (QED) is 0.183. The second-order valence-electron chi connectivity index (χ2n) is 12.5. The van der Waals surface area contributed by atoms with Crippen molar-refractivity contribution in [1.29, 1.82) is 0 Å². The number of anilines is 2. The first-order valence-corrected chi connectivity index (χ1v) is 15.7. The Bertz CT molecular complexity index is 1910. The molecule has 9 nitrogen and oxygen atoms in total. The summed E-state index contributed by atoms with van der Waals surface area (Å²) >= 11 is 0. The number of aromatic nitrogens is 5. The molecule has 2 bridgehead atoms. The van der Waals surface area contributed by atoms with Gasteiger partial charge in [-0.25, -0.2) is 4.39 Å². The van der Waals surface area contributed by atoms with Crippen molar-refractivity contribution in [2.45, 2.75) is 51.6 Å². The zero-order valence-corrected chi connectivity index (χ0v) is 25.6. The van der Waals surface area contributed by atoms with Gasteiger partial charge in [0.05, 0.1) is 11.9 Å². The molecule has 10 heteroatoms. The molecule has 3 aliphatic rings. The first kappa shape index (κ1) is 29.0. The number of halogens is 1. The lowest BCUT2D eigenvalue weighted by Crippen LogP contribution is -2.53. The van der Waals surface area contributed by atoms with Gasteiger partial charge in [0.1, 0.15) is 0 Å². The molecule has 230 valence electrons. The van der Waals surface area contributed by atoms with E-state index in [0.717, 1.165) is 50.9 Å². The van der Waals surface area contributed by atoms with Gasteiger partial charge in [0, 0.05) is 48.3 Å². The number of hydrogen-bond donors (Lipinski definition) is 2. The largest absolute Gasteiger partial charge is 0.350 e. The number of piperidine rings is 3. The van der Waals surface area contributed by atoms with Crippen LogP contribution in [0.25, 0.3) is 27.7 Å². The Balaban J connectivity index is 1.19. The molecule has 45 heavy (non-hydrogen) atoms. The van der Waals surface area contributed by atoms with E-state index in [2.05, 4.69) is 53.2 Å². The molecule has 2 N–H and O–H groups in total. The lowest BCUT2D eigenvalue weighted by Gasteiger charge is -2.44. The van der Waals surface area contributed by atoms with Gasteiger partial charge in [-0.05, 0) is 60.3 Å². The van der Waals surface area contributed by atoms with Gasteiger partial charge in [0.15, 0.2) is 17.3 Å². The highest BCUT2D eigenvalue weighted by molar-refractivity contribution is 5.98. The van der Waals surface area contributed by atoms with Crippen molar-refractivity contribution >= 4 is 34.1 Å². The van der Waals surface area contributed by atoms with E-state index in [4.69, 9.17) is 15.0 Å². The number of fused-ring (bicyclic) bond motifs is 5. The highest BCUT2D eigenvalue weighted by Crippen LogP contribution is 2.32. The van der Waals surface area contributed by atoms with Crippen molar-refractivity contribution in [3.8, 4) is 11.3 Å². The molecule has 1 atom stereocenters. The van der Waals surface area contributed by atoms with Gasteiger partial charge in [-0.3, -0.25) is 9.78 Å². The van der Waals surface area contributed by atoms with Gasteiger partial charge >= 0.3 is 0 Å².